The van der Waals surface area contributed by atoms with Crippen molar-refractivity contribution >= 4 is 11.8 Å². The second-order valence-electron chi connectivity index (χ2n) is 9.10. The van der Waals surface area contributed by atoms with E-state index in [2.05, 4.69) is 25.6 Å². The fourth-order valence-corrected chi connectivity index (χ4v) is 11.0. The van der Waals surface area contributed by atoms with Crippen LogP contribution in [0.25, 0.3) is 0 Å². The molecule has 4 aliphatic carbocycles. The number of hydrogen-bond donors (Lipinski definition) is 0. The molecule has 0 N–H and O–H groups in total. The molecule has 19 heavy (non-hydrogen) atoms. The van der Waals surface area contributed by atoms with Gasteiger partial charge in [-0.25, -0.2) is 0 Å². The molecule has 0 nitrogen and oxygen atoms in total. The third kappa shape index (κ3) is 1.05. The van der Waals surface area contributed by atoms with Crippen LogP contribution in [0.4, 0.5) is 0 Å². The SMILES string of the molecule is CC1CC2CC1C1C3CC(C21)C1C2SC(CC2C)C31. The van der Waals surface area contributed by atoms with Gasteiger partial charge >= 0.3 is 0 Å². The second-order valence-corrected chi connectivity index (χ2v) is 10.5. The van der Waals surface area contributed by atoms with Crippen LogP contribution in [0.15, 0.2) is 0 Å². The van der Waals surface area contributed by atoms with Crippen LogP contribution in [0.3, 0.4) is 0 Å². The van der Waals surface area contributed by atoms with Gasteiger partial charge in [-0.3, -0.25) is 0 Å². The van der Waals surface area contributed by atoms with Crippen molar-refractivity contribution in [2.75, 3.05) is 0 Å². The Bertz CT molecular complexity index is 405. The van der Waals surface area contributed by atoms with Gasteiger partial charge in [0.2, 0.25) is 0 Å². The molecular weight excluding hydrogens is 248 g/mol. The van der Waals surface area contributed by atoms with Crippen LogP contribution in [0.2, 0.25) is 0 Å². The first-order chi connectivity index (χ1) is 9.24. The first-order valence-electron chi connectivity index (χ1n) is 8.89. The van der Waals surface area contributed by atoms with E-state index in [-0.39, 0.29) is 0 Å². The van der Waals surface area contributed by atoms with Gasteiger partial charge in [-0.1, -0.05) is 13.8 Å². The van der Waals surface area contributed by atoms with Crippen LogP contribution >= 0.6 is 11.8 Å². The predicted octanol–water partition coefficient (Wildman–Crippen LogP) is 4.30. The molecular formula is C18H26S. The number of fused-ring (bicyclic) bond motifs is 16. The summed E-state index contributed by atoms with van der Waals surface area (Å²) >= 11 is 2.44. The van der Waals surface area contributed by atoms with Crippen molar-refractivity contribution in [2.45, 2.75) is 50.0 Å². The minimum atomic E-state index is 1.05. The van der Waals surface area contributed by atoms with Gasteiger partial charge in [0.05, 0.1) is 0 Å². The maximum Gasteiger partial charge on any atom is 0.0110 e. The number of thioether (sulfide) groups is 1. The van der Waals surface area contributed by atoms with Gasteiger partial charge < -0.3 is 0 Å². The molecule has 0 aromatic rings. The second kappa shape index (κ2) is 3.23. The van der Waals surface area contributed by atoms with E-state index < -0.39 is 0 Å². The lowest BCUT2D eigenvalue weighted by Gasteiger charge is -2.46. The lowest BCUT2D eigenvalue weighted by molar-refractivity contribution is 0.0236. The van der Waals surface area contributed by atoms with Crippen molar-refractivity contribution in [3.8, 4) is 0 Å². The quantitative estimate of drug-likeness (QED) is 0.593. The highest BCUT2D eigenvalue weighted by molar-refractivity contribution is 8.01. The molecule has 12 atom stereocenters. The summed E-state index contributed by atoms with van der Waals surface area (Å²) in [7, 11) is 0. The Morgan fingerprint density at radius 2 is 1.53 bits per heavy atom. The summed E-state index contributed by atoms with van der Waals surface area (Å²) in [4.78, 5) is 0. The molecule has 2 heterocycles. The van der Waals surface area contributed by atoms with E-state index in [1.165, 1.54) is 41.4 Å². The van der Waals surface area contributed by atoms with E-state index in [1.54, 1.807) is 25.7 Å². The van der Waals surface area contributed by atoms with Gasteiger partial charge in [-0.05, 0) is 84.9 Å². The highest BCUT2D eigenvalue weighted by atomic mass is 32.2. The van der Waals surface area contributed by atoms with Gasteiger partial charge in [0, 0.05) is 10.5 Å². The summed E-state index contributed by atoms with van der Waals surface area (Å²) in [5, 5.41) is 2.18. The summed E-state index contributed by atoms with van der Waals surface area (Å²) in [5.74, 6) is 11.6. The number of rotatable bonds is 0. The minimum absolute atomic E-state index is 1.05. The largest absolute Gasteiger partial charge is 0.154 e. The molecule has 2 saturated heterocycles. The summed E-state index contributed by atoms with van der Waals surface area (Å²) in [6.07, 6.45) is 6.48. The summed E-state index contributed by atoms with van der Waals surface area (Å²) < 4.78 is 0. The zero-order valence-corrected chi connectivity index (χ0v) is 13.0. The first kappa shape index (κ1) is 11.0. The van der Waals surface area contributed by atoms with Crippen LogP contribution in [0, 0.1) is 59.2 Å². The van der Waals surface area contributed by atoms with E-state index in [4.69, 9.17) is 0 Å². The highest BCUT2D eigenvalue weighted by Gasteiger charge is 2.72. The van der Waals surface area contributed by atoms with Crippen molar-refractivity contribution in [1.82, 2.24) is 0 Å². The molecule has 6 rings (SSSR count). The van der Waals surface area contributed by atoms with Crippen molar-refractivity contribution in [2.24, 2.45) is 59.2 Å². The minimum Gasteiger partial charge on any atom is -0.154 e. The van der Waals surface area contributed by atoms with Crippen LogP contribution in [0.1, 0.15) is 39.5 Å². The number of hydrogen-bond acceptors (Lipinski definition) is 1. The van der Waals surface area contributed by atoms with Crippen molar-refractivity contribution < 1.29 is 0 Å². The molecule has 104 valence electrons. The Kier molecular flexibility index (Phi) is 1.87. The smallest absolute Gasteiger partial charge is 0.0110 e. The monoisotopic (exact) mass is 274 g/mol. The maximum absolute atomic E-state index is 2.57. The Labute approximate surface area is 121 Å². The Hall–Kier alpha value is 0.350. The lowest BCUT2D eigenvalue weighted by Crippen LogP contribution is -2.45. The molecule has 0 amide bonds. The summed E-state index contributed by atoms with van der Waals surface area (Å²) in [6.45, 7) is 5.13. The summed E-state index contributed by atoms with van der Waals surface area (Å²) in [6, 6.07) is 0. The van der Waals surface area contributed by atoms with E-state index >= 15 is 0 Å². The Morgan fingerprint density at radius 3 is 2.42 bits per heavy atom. The van der Waals surface area contributed by atoms with Crippen LogP contribution in [0.5, 0.6) is 0 Å². The molecule has 2 aliphatic heterocycles. The van der Waals surface area contributed by atoms with Crippen LogP contribution in [-0.4, -0.2) is 10.5 Å². The topological polar surface area (TPSA) is 0 Å². The fourth-order valence-electron chi connectivity index (χ4n) is 8.64. The van der Waals surface area contributed by atoms with Crippen LogP contribution in [-0.2, 0) is 0 Å². The third-order valence-electron chi connectivity index (χ3n) is 8.74. The summed E-state index contributed by atoms with van der Waals surface area (Å²) in [5.41, 5.74) is 0. The molecule has 6 bridgehead atoms. The lowest BCUT2D eigenvalue weighted by atomic mass is 9.57. The molecule has 6 fully saturated rings. The first-order valence-corrected chi connectivity index (χ1v) is 9.83. The average Bonchev–Trinajstić information content (AvgIpc) is 3.12. The van der Waals surface area contributed by atoms with E-state index in [0.717, 1.165) is 28.3 Å². The van der Waals surface area contributed by atoms with E-state index in [1.807, 2.05) is 0 Å². The molecule has 6 aliphatic rings. The fraction of sp³-hybridized carbons (Fsp3) is 1.00. The van der Waals surface area contributed by atoms with E-state index in [0.29, 0.717) is 0 Å². The molecule has 12 unspecified atom stereocenters. The normalized spacial score (nSPS) is 74.8. The van der Waals surface area contributed by atoms with Gasteiger partial charge in [0.25, 0.3) is 0 Å². The Morgan fingerprint density at radius 1 is 0.684 bits per heavy atom. The molecule has 0 radical (unpaired) electrons. The van der Waals surface area contributed by atoms with Crippen LogP contribution < -0.4 is 0 Å². The third-order valence-corrected chi connectivity index (χ3v) is 10.7. The van der Waals surface area contributed by atoms with Crippen molar-refractivity contribution in [1.29, 1.82) is 0 Å². The van der Waals surface area contributed by atoms with Gasteiger partial charge in [-0.2, -0.15) is 11.8 Å². The van der Waals surface area contributed by atoms with Crippen molar-refractivity contribution in [3.05, 3.63) is 0 Å². The predicted molar refractivity (Wildman–Crippen MR) is 79.9 cm³/mol. The zero-order valence-electron chi connectivity index (χ0n) is 12.2. The van der Waals surface area contributed by atoms with Crippen molar-refractivity contribution in [3.63, 3.8) is 0 Å². The molecule has 0 aromatic heterocycles. The average molecular weight is 274 g/mol. The van der Waals surface area contributed by atoms with Gasteiger partial charge in [0.15, 0.2) is 0 Å². The van der Waals surface area contributed by atoms with Gasteiger partial charge in [-0.15, -0.1) is 0 Å². The zero-order chi connectivity index (χ0) is 12.5. The highest BCUT2D eigenvalue weighted by Crippen LogP contribution is 2.77. The molecule has 0 aromatic carbocycles. The van der Waals surface area contributed by atoms with Gasteiger partial charge in [0.1, 0.15) is 0 Å². The maximum atomic E-state index is 2.57. The molecule has 0 spiro atoms. The Balaban J connectivity index is 1.43. The molecule has 1 heteroatoms. The van der Waals surface area contributed by atoms with E-state index in [9.17, 15) is 0 Å². The standard InChI is InChI=1S/C18H26S/c1-7-3-9-5-10(7)15-12-6-11(14(9)15)17-16(12)13-4-8(2)18(17)19-13/h7-18H,3-6H2,1-2H3. The molecule has 4 saturated carbocycles.